The molecule has 3 aromatic rings. The lowest BCUT2D eigenvalue weighted by Gasteiger charge is -2.15. The third-order valence-corrected chi connectivity index (χ3v) is 5.12. The van der Waals surface area contributed by atoms with E-state index in [4.69, 9.17) is 0 Å². The van der Waals surface area contributed by atoms with Crippen molar-refractivity contribution in [3.8, 4) is 0 Å². The van der Waals surface area contributed by atoms with Crippen LogP contribution in [0, 0.1) is 19.7 Å². The van der Waals surface area contributed by atoms with Crippen LogP contribution in [0.5, 0.6) is 0 Å². The van der Waals surface area contributed by atoms with Gasteiger partial charge in [0.1, 0.15) is 11.5 Å². The molecule has 0 saturated heterocycles. The second kappa shape index (κ2) is 7.91. The summed E-state index contributed by atoms with van der Waals surface area (Å²) in [6, 6.07) is 16.6. The summed E-state index contributed by atoms with van der Waals surface area (Å²) in [5.74, 6) is -1.21. The van der Waals surface area contributed by atoms with E-state index < -0.39 is 11.8 Å². The van der Waals surface area contributed by atoms with E-state index in [1.807, 2.05) is 38.1 Å². The minimum atomic E-state index is -0.441. The average Bonchev–Trinajstić information content (AvgIpc) is 2.97. The van der Waals surface area contributed by atoms with Crippen LogP contribution in [-0.4, -0.2) is 21.7 Å². The molecule has 0 spiro atoms. The quantitative estimate of drug-likeness (QED) is 0.650. The predicted molar refractivity (Wildman–Crippen MR) is 113 cm³/mol. The van der Waals surface area contributed by atoms with Gasteiger partial charge in [0, 0.05) is 11.9 Å². The van der Waals surface area contributed by atoms with Gasteiger partial charge in [-0.05, 0) is 66.9 Å². The molecule has 4 rings (SSSR count). The van der Waals surface area contributed by atoms with Crippen molar-refractivity contribution in [2.75, 3.05) is 5.32 Å². The molecule has 2 aromatic carbocycles. The molecular weight excluding hydrogens is 381 g/mol. The first-order valence-corrected chi connectivity index (χ1v) is 9.54. The van der Waals surface area contributed by atoms with E-state index >= 15 is 0 Å². The van der Waals surface area contributed by atoms with Crippen LogP contribution in [0.25, 0.3) is 5.57 Å². The van der Waals surface area contributed by atoms with E-state index in [-0.39, 0.29) is 18.1 Å². The number of aryl methyl sites for hydroxylation is 2. The van der Waals surface area contributed by atoms with Gasteiger partial charge in [0.15, 0.2) is 0 Å². The number of hydrogen-bond donors (Lipinski definition) is 1. The van der Waals surface area contributed by atoms with Crippen LogP contribution >= 0.6 is 0 Å². The molecule has 0 atom stereocenters. The molecule has 0 saturated carbocycles. The van der Waals surface area contributed by atoms with Crippen LogP contribution in [0.3, 0.4) is 0 Å². The van der Waals surface area contributed by atoms with Crippen LogP contribution in [-0.2, 0) is 16.1 Å². The van der Waals surface area contributed by atoms with Crippen molar-refractivity contribution in [1.82, 2.24) is 9.88 Å². The van der Waals surface area contributed by atoms with Crippen molar-refractivity contribution < 1.29 is 14.0 Å². The number of imide groups is 1. The highest BCUT2D eigenvalue weighted by Gasteiger charge is 2.39. The standard InChI is InChI=1S/C24H20FN3O2/c1-15-6-7-17(13-16(15)2)21-22(27-19-10-8-18(25)9-11-19)24(30)28(23(21)29)14-20-5-3-4-12-26-20/h3-13,27H,14H2,1-2H3. The summed E-state index contributed by atoms with van der Waals surface area (Å²) in [6.45, 7) is 4.01. The van der Waals surface area contributed by atoms with Crippen molar-refractivity contribution in [2.45, 2.75) is 20.4 Å². The molecular formula is C24H20FN3O2. The normalized spacial score (nSPS) is 13.9. The maximum Gasteiger partial charge on any atom is 0.278 e. The fraction of sp³-hybridized carbons (Fsp3) is 0.125. The van der Waals surface area contributed by atoms with E-state index in [0.717, 1.165) is 11.1 Å². The zero-order valence-electron chi connectivity index (χ0n) is 16.6. The van der Waals surface area contributed by atoms with Crippen LogP contribution in [0.1, 0.15) is 22.4 Å². The molecule has 5 nitrogen and oxygen atoms in total. The number of anilines is 1. The van der Waals surface area contributed by atoms with Gasteiger partial charge in [-0.3, -0.25) is 19.5 Å². The van der Waals surface area contributed by atoms with Crippen LogP contribution in [0.15, 0.2) is 72.6 Å². The Morgan fingerprint density at radius 3 is 2.37 bits per heavy atom. The van der Waals surface area contributed by atoms with E-state index in [2.05, 4.69) is 10.3 Å². The molecule has 0 aliphatic carbocycles. The Morgan fingerprint density at radius 1 is 0.933 bits per heavy atom. The molecule has 0 unspecified atom stereocenters. The lowest BCUT2D eigenvalue weighted by atomic mass is 9.99. The van der Waals surface area contributed by atoms with Crippen molar-refractivity contribution >= 4 is 23.1 Å². The van der Waals surface area contributed by atoms with Gasteiger partial charge in [-0.1, -0.05) is 24.3 Å². The molecule has 1 aliphatic heterocycles. The van der Waals surface area contributed by atoms with Gasteiger partial charge in [-0.15, -0.1) is 0 Å². The van der Waals surface area contributed by atoms with Gasteiger partial charge < -0.3 is 5.32 Å². The first-order chi connectivity index (χ1) is 14.4. The number of rotatable bonds is 5. The maximum atomic E-state index is 13.3. The molecule has 0 radical (unpaired) electrons. The van der Waals surface area contributed by atoms with Gasteiger partial charge in [-0.2, -0.15) is 0 Å². The SMILES string of the molecule is Cc1ccc(C2=C(Nc3ccc(F)cc3)C(=O)N(Cc3ccccn3)C2=O)cc1C. The van der Waals surface area contributed by atoms with Crippen molar-refractivity contribution in [3.63, 3.8) is 0 Å². The largest absolute Gasteiger partial charge is 0.350 e. The Labute approximate surface area is 173 Å². The highest BCUT2D eigenvalue weighted by atomic mass is 19.1. The fourth-order valence-corrected chi connectivity index (χ4v) is 3.33. The van der Waals surface area contributed by atoms with Crippen molar-refractivity contribution in [1.29, 1.82) is 0 Å². The Kier molecular flexibility index (Phi) is 5.14. The number of benzene rings is 2. The zero-order valence-corrected chi connectivity index (χ0v) is 16.6. The number of aromatic nitrogens is 1. The predicted octanol–water partition coefficient (Wildman–Crippen LogP) is 4.23. The van der Waals surface area contributed by atoms with Crippen LogP contribution in [0.2, 0.25) is 0 Å². The first-order valence-electron chi connectivity index (χ1n) is 9.54. The number of hydrogen-bond acceptors (Lipinski definition) is 4. The second-order valence-electron chi connectivity index (χ2n) is 7.20. The maximum absolute atomic E-state index is 13.3. The number of amides is 2. The number of nitrogens with one attached hydrogen (secondary N) is 1. The molecule has 1 N–H and O–H groups in total. The summed E-state index contributed by atoms with van der Waals surface area (Å²) in [5, 5.41) is 3.03. The summed E-state index contributed by atoms with van der Waals surface area (Å²) in [5.41, 5.74) is 4.37. The third kappa shape index (κ3) is 3.72. The molecule has 0 bridgehead atoms. The molecule has 6 heteroatoms. The van der Waals surface area contributed by atoms with E-state index in [9.17, 15) is 14.0 Å². The third-order valence-electron chi connectivity index (χ3n) is 5.12. The topological polar surface area (TPSA) is 62.3 Å². The van der Waals surface area contributed by atoms with Gasteiger partial charge in [-0.25, -0.2) is 4.39 Å². The molecule has 2 amide bonds. The molecule has 0 fully saturated rings. The number of halogens is 1. The Bertz CT molecular complexity index is 1150. The molecule has 1 aromatic heterocycles. The molecule has 30 heavy (non-hydrogen) atoms. The molecule has 1 aliphatic rings. The van der Waals surface area contributed by atoms with Crippen LogP contribution in [0.4, 0.5) is 10.1 Å². The van der Waals surface area contributed by atoms with Gasteiger partial charge in [0.2, 0.25) is 0 Å². The lowest BCUT2D eigenvalue weighted by molar-refractivity contribution is -0.137. The van der Waals surface area contributed by atoms with Gasteiger partial charge in [0.05, 0.1) is 17.8 Å². The highest BCUT2D eigenvalue weighted by Crippen LogP contribution is 2.32. The van der Waals surface area contributed by atoms with Crippen molar-refractivity contribution in [2.24, 2.45) is 0 Å². The van der Waals surface area contributed by atoms with Crippen molar-refractivity contribution in [3.05, 3.63) is 101 Å². The van der Waals surface area contributed by atoms with E-state index in [0.29, 0.717) is 22.5 Å². The zero-order chi connectivity index (χ0) is 21.3. The van der Waals surface area contributed by atoms with E-state index in [1.54, 1.807) is 18.3 Å². The minimum absolute atomic E-state index is 0.0709. The van der Waals surface area contributed by atoms with Gasteiger partial charge >= 0.3 is 0 Å². The number of nitrogens with zero attached hydrogens (tertiary/aromatic N) is 2. The second-order valence-corrected chi connectivity index (χ2v) is 7.20. The average molecular weight is 401 g/mol. The Balaban J connectivity index is 1.76. The highest BCUT2D eigenvalue weighted by molar-refractivity contribution is 6.36. The van der Waals surface area contributed by atoms with Gasteiger partial charge in [0.25, 0.3) is 11.8 Å². The summed E-state index contributed by atoms with van der Waals surface area (Å²) in [7, 11) is 0. The summed E-state index contributed by atoms with van der Waals surface area (Å²) in [6.07, 6.45) is 1.62. The Morgan fingerprint density at radius 2 is 1.70 bits per heavy atom. The number of carbonyl (C=O) groups is 2. The number of pyridine rings is 1. The summed E-state index contributed by atoms with van der Waals surface area (Å²) >= 11 is 0. The first kappa shape index (κ1) is 19.5. The molecule has 2 heterocycles. The minimum Gasteiger partial charge on any atom is -0.350 e. The lowest BCUT2D eigenvalue weighted by Crippen LogP contribution is -2.32. The Hall–Kier alpha value is -3.80. The smallest absolute Gasteiger partial charge is 0.278 e. The number of carbonyl (C=O) groups excluding carboxylic acids is 2. The van der Waals surface area contributed by atoms with Crippen LogP contribution < -0.4 is 5.32 Å². The molecule has 150 valence electrons. The fourth-order valence-electron chi connectivity index (χ4n) is 3.33. The monoisotopic (exact) mass is 401 g/mol. The van der Waals surface area contributed by atoms with E-state index in [1.165, 1.54) is 29.2 Å². The summed E-state index contributed by atoms with van der Waals surface area (Å²) in [4.78, 5) is 31.9. The summed E-state index contributed by atoms with van der Waals surface area (Å²) < 4.78 is 13.3.